The topological polar surface area (TPSA) is 55.1 Å². The number of nitrogens with one attached hydrogen (secondary N) is 1. The van der Waals surface area contributed by atoms with Crippen LogP contribution in [0.25, 0.3) is 0 Å². The van der Waals surface area contributed by atoms with Gasteiger partial charge in [0.25, 0.3) is 0 Å². The summed E-state index contributed by atoms with van der Waals surface area (Å²) >= 11 is 0. The van der Waals surface area contributed by atoms with E-state index in [0.717, 1.165) is 12.8 Å². The Kier molecular flexibility index (Phi) is 6.24. The second-order valence-corrected chi connectivity index (χ2v) is 3.60. The summed E-state index contributed by atoms with van der Waals surface area (Å²) in [6.45, 7) is 8.31. The van der Waals surface area contributed by atoms with E-state index in [1.54, 1.807) is 6.08 Å². The number of hydrogen-bond donors (Lipinski definition) is 2. The maximum absolute atomic E-state index is 11.3. The van der Waals surface area contributed by atoms with Crippen LogP contribution in [0.2, 0.25) is 0 Å². The Morgan fingerprint density at radius 3 is 2.69 bits per heavy atom. The monoisotopic (exact) mass is 184 g/mol. The van der Waals surface area contributed by atoms with Crippen LogP contribution in [0.1, 0.15) is 26.7 Å². The van der Waals surface area contributed by atoms with Crippen molar-refractivity contribution in [3.63, 3.8) is 0 Å². The second-order valence-electron chi connectivity index (χ2n) is 3.60. The molecule has 0 aromatic heterocycles. The summed E-state index contributed by atoms with van der Waals surface area (Å²) in [5, 5.41) is 2.75. The van der Waals surface area contributed by atoms with E-state index in [1.807, 2.05) is 0 Å². The molecule has 0 fully saturated rings. The minimum Gasteiger partial charge on any atom is -0.354 e. The number of nitrogens with two attached hydrogens (primary N) is 1. The van der Waals surface area contributed by atoms with Crippen molar-refractivity contribution < 1.29 is 4.79 Å². The van der Waals surface area contributed by atoms with Crippen molar-refractivity contribution in [1.29, 1.82) is 0 Å². The predicted molar refractivity (Wildman–Crippen MR) is 55.3 cm³/mol. The third-order valence-corrected chi connectivity index (χ3v) is 1.71. The van der Waals surface area contributed by atoms with Crippen molar-refractivity contribution in [3.05, 3.63) is 12.7 Å². The molecule has 0 rings (SSSR count). The van der Waals surface area contributed by atoms with Crippen LogP contribution < -0.4 is 11.1 Å². The lowest BCUT2D eigenvalue weighted by Crippen LogP contribution is -2.41. The van der Waals surface area contributed by atoms with Crippen LogP contribution in [-0.4, -0.2) is 18.5 Å². The van der Waals surface area contributed by atoms with Crippen molar-refractivity contribution in [2.75, 3.05) is 6.54 Å². The van der Waals surface area contributed by atoms with E-state index in [4.69, 9.17) is 5.73 Å². The summed E-state index contributed by atoms with van der Waals surface area (Å²) in [4.78, 5) is 11.3. The third-order valence-electron chi connectivity index (χ3n) is 1.71. The van der Waals surface area contributed by atoms with Crippen molar-refractivity contribution in [2.45, 2.75) is 32.7 Å². The Morgan fingerprint density at radius 2 is 2.23 bits per heavy atom. The number of rotatable bonds is 6. The van der Waals surface area contributed by atoms with Gasteiger partial charge in [-0.1, -0.05) is 19.9 Å². The van der Waals surface area contributed by atoms with E-state index in [1.165, 1.54) is 0 Å². The molecule has 0 aliphatic rings. The van der Waals surface area contributed by atoms with Crippen LogP contribution in [-0.2, 0) is 4.79 Å². The van der Waals surface area contributed by atoms with Crippen LogP contribution in [0.15, 0.2) is 12.7 Å². The highest BCUT2D eigenvalue weighted by Gasteiger charge is 2.13. The minimum absolute atomic E-state index is 0.0597. The first-order valence-corrected chi connectivity index (χ1v) is 4.72. The lowest BCUT2D eigenvalue weighted by atomic mass is 10.0. The molecule has 1 amide bonds. The summed E-state index contributed by atoms with van der Waals surface area (Å²) in [5.41, 5.74) is 5.66. The summed E-state index contributed by atoms with van der Waals surface area (Å²) in [6.07, 6.45) is 3.30. The first-order chi connectivity index (χ1) is 6.07. The standard InChI is InChI=1S/C10H20N2O/c1-4-5-6-12-10(13)9(11)7-8(2)3/h4,8-9H,1,5-7,11H2,2-3H3,(H,12,13)/t9-/m1/s1. The van der Waals surface area contributed by atoms with Gasteiger partial charge < -0.3 is 11.1 Å². The van der Waals surface area contributed by atoms with E-state index in [-0.39, 0.29) is 11.9 Å². The van der Waals surface area contributed by atoms with Gasteiger partial charge in [-0.2, -0.15) is 0 Å². The van der Waals surface area contributed by atoms with Gasteiger partial charge in [0.05, 0.1) is 6.04 Å². The maximum Gasteiger partial charge on any atom is 0.236 e. The summed E-state index contributed by atoms with van der Waals surface area (Å²) in [5.74, 6) is 0.399. The minimum atomic E-state index is -0.371. The van der Waals surface area contributed by atoms with Crippen molar-refractivity contribution in [3.8, 4) is 0 Å². The smallest absolute Gasteiger partial charge is 0.236 e. The second kappa shape index (κ2) is 6.66. The molecule has 76 valence electrons. The summed E-state index contributed by atoms with van der Waals surface area (Å²) in [7, 11) is 0. The zero-order chi connectivity index (χ0) is 10.3. The molecule has 13 heavy (non-hydrogen) atoms. The van der Waals surface area contributed by atoms with E-state index in [9.17, 15) is 4.79 Å². The molecule has 0 aromatic carbocycles. The Hall–Kier alpha value is -0.830. The lowest BCUT2D eigenvalue weighted by Gasteiger charge is -2.13. The average Bonchev–Trinajstić information content (AvgIpc) is 2.03. The van der Waals surface area contributed by atoms with Gasteiger partial charge >= 0.3 is 0 Å². The molecule has 0 saturated carbocycles. The van der Waals surface area contributed by atoms with Gasteiger partial charge in [0.2, 0.25) is 5.91 Å². The van der Waals surface area contributed by atoms with Gasteiger partial charge in [0.1, 0.15) is 0 Å². The Balaban J connectivity index is 3.62. The Bertz CT molecular complexity index is 166. The van der Waals surface area contributed by atoms with Crippen LogP contribution >= 0.6 is 0 Å². The number of carbonyl (C=O) groups is 1. The van der Waals surface area contributed by atoms with Crippen LogP contribution in [0.4, 0.5) is 0 Å². The molecule has 0 aliphatic carbocycles. The van der Waals surface area contributed by atoms with Gasteiger partial charge in [-0.15, -0.1) is 6.58 Å². The summed E-state index contributed by atoms with van der Waals surface area (Å²) < 4.78 is 0. The zero-order valence-corrected chi connectivity index (χ0v) is 8.55. The van der Waals surface area contributed by atoms with Gasteiger partial charge in [-0.05, 0) is 18.8 Å². The van der Waals surface area contributed by atoms with E-state index >= 15 is 0 Å². The van der Waals surface area contributed by atoms with Crippen molar-refractivity contribution in [2.24, 2.45) is 11.7 Å². The molecular formula is C10H20N2O. The van der Waals surface area contributed by atoms with Gasteiger partial charge in [0, 0.05) is 6.54 Å². The number of amides is 1. The molecule has 0 unspecified atom stereocenters. The zero-order valence-electron chi connectivity index (χ0n) is 8.55. The molecule has 3 heteroatoms. The molecule has 3 nitrogen and oxygen atoms in total. The molecular weight excluding hydrogens is 164 g/mol. The molecule has 3 N–H and O–H groups in total. The molecule has 0 aliphatic heterocycles. The molecule has 0 bridgehead atoms. The fraction of sp³-hybridized carbons (Fsp3) is 0.700. The van der Waals surface area contributed by atoms with Crippen molar-refractivity contribution >= 4 is 5.91 Å². The fourth-order valence-electron chi connectivity index (χ4n) is 1.04. The average molecular weight is 184 g/mol. The summed E-state index contributed by atoms with van der Waals surface area (Å²) in [6, 6.07) is -0.371. The molecule has 0 aromatic rings. The Labute approximate surface area is 80.4 Å². The van der Waals surface area contributed by atoms with Gasteiger partial charge in [-0.3, -0.25) is 4.79 Å². The number of carbonyl (C=O) groups excluding carboxylic acids is 1. The molecule has 0 heterocycles. The van der Waals surface area contributed by atoms with Crippen LogP contribution in [0.5, 0.6) is 0 Å². The fourth-order valence-corrected chi connectivity index (χ4v) is 1.04. The number of hydrogen-bond acceptors (Lipinski definition) is 2. The van der Waals surface area contributed by atoms with Gasteiger partial charge in [0.15, 0.2) is 0 Å². The highest BCUT2D eigenvalue weighted by atomic mass is 16.2. The highest BCUT2D eigenvalue weighted by Crippen LogP contribution is 2.02. The van der Waals surface area contributed by atoms with Crippen LogP contribution in [0.3, 0.4) is 0 Å². The van der Waals surface area contributed by atoms with E-state index in [0.29, 0.717) is 12.5 Å². The van der Waals surface area contributed by atoms with Gasteiger partial charge in [-0.25, -0.2) is 0 Å². The van der Waals surface area contributed by atoms with Crippen molar-refractivity contribution in [1.82, 2.24) is 5.32 Å². The molecule has 1 atom stereocenters. The predicted octanol–water partition coefficient (Wildman–Crippen LogP) is 1.05. The van der Waals surface area contributed by atoms with Crippen LogP contribution in [0, 0.1) is 5.92 Å². The van der Waals surface area contributed by atoms with E-state index in [2.05, 4.69) is 25.7 Å². The Morgan fingerprint density at radius 1 is 1.62 bits per heavy atom. The first kappa shape index (κ1) is 12.2. The third kappa shape index (κ3) is 6.34. The van der Waals surface area contributed by atoms with E-state index < -0.39 is 0 Å². The highest BCUT2D eigenvalue weighted by molar-refractivity contribution is 5.81. The lowest BCUT2D eigenvalue weighted by molar-refractivity contribution is -0.122. The molecule has 0 radical (unpaired) electrons. The quantitative estimate of drug-likeness (QED) is 0.479. The maximum atomic E-state index is 11.3. The molecule has 0 saturated heterocycles. The first-order valence-electron chi connectivity index (χ1n) is 4.72. The SMILES string of the molecule is C=CCCNC(=O)[C@H](N)CC(C)C. The normalized spacial score (nSPS) is 12.6. The largest absolute Gasteiger partial charge is 0.354 e. The molecule has 0 spiro atoms.